The van der Waals surface area contributed by atoms with E-state index in [9.17, 15) is 14.7 Å². The van der Waals surface area contributed by atoms with Crippen LogP contribution in [0.25, 0.3) is 0 Å². The SMILES string of the molecule is CC(CC(=O)N1CCC(C)C(O)C1)NC(=O)C1CCCCC1. The molecule has 1 saturated carbocycles. The van der Waals surface area contributed by atoms with Crippen molar-refractivity contribution in [3.8, 4) is 0 Å². The summed E-state index contributed by atoms with van der Waals surface area (Å²) in [5.41, 5.74) is 0. The first-order chi connectivity index (χ1) is 10.5. The molecule has 0 bridgehead atoms. The van der Waals surface area contributed by atoms with Crippen LogP contribution in [-0.2, 0) is 9.59 Å². The molecule has 2 N–H and O–H groups in total. The van der Waals surface area contributed by atoms with Gasteiger partial charge in [-0.15, -0.1) is 0 Å². The molecule has 1 aliphatic carbocycles. The van der Waals surface area contributed by atoms with Gasteiger partial charge < -0.3 is 15.3 Å². The molecule has 126 valence electrons. The minimum atomic E-state index is -0.426. The first-order valence-electron chi connectivity index (χ1n) is 8.73. The summed E-state index contributed by atoms with van der Waals surface area (Å²) in [6.07, 6.45) is 6.18. The van der Waals surface area contributed by atoms with Gasteiger partial charge in [0.1, 0.15) is 0 Å². The number of hydrogen-bond donors (Lipinski definition) is 2. The normalized spacial score (nSPS) is 28.2. The van der Waals surface area contributed by atoms with Crippen LogP contribution in [0.5, 0.6) is 0 Å². The van der Waals surface area contributed by atoms with E-state index in [1.165, 1.54) is 6.42 Å². The second-order valence-corrected chi connectivity index (χ2v) is 7.12. The number of carbonyl (C=O) groups is 2. The van der Waals surface area contributed by atoms with E-state index in [-0.39, 0.29) is 29.7 Å². The van der Waals surface area contributed by atoms with Crippen LogP contribution < -0.4 is 5.32 Å². The molecule has 1 aliphatic heterocycles. The second-order valence-electron chi connectivity index (χ2n) is 7.12. The third-order valence-corrected chi connectivity index (χ3v) is 5.12. The van der Waals surface area contributed by atoms with Crippen molar-refractivity contribution < 1.29 is 14.7 Å². The Kier molecular flexibility index (Phi) is 6.24. The molecule has 1 heterocycles. The van der Waals surface area contributed by atoms with Gasteiger partial charge in [-0.3, -0.25) is 9.59 Å². The molecule has 2 aliphatic rings. The molecule has 2 fully saturated rings. The van der Waals surface area contributed by atoms with E-state index < -0.39 is 6.10 Å². The molecule has 0 spiro atoms. The van der Waals surface area contributed by atoms with Gasteiger partial charge >= 0.3 is 0 Å². The topological polar surface area (TPSA) is 69.6 Å². The Labute approximate surface area is 133 Å². The fourth-order valence-electron chi connectivity index (χ4n) is 3.44. The minimum absolute atomic E-state index is 0.0300. The predicted octanol–water partition coefficient (Wildman–Crippen LogP) is 1.69. The van der Waals surface area contributed by atoms with Crippen molar-refractivity contribution in [1.82, 2.24) is 10.2 Å². The lowest BCUT2D eigenvalue weighted by Gasteiger charge is -2.35. The van der Waals surface area contributed by atoms with Crippen LogP contribution in [0.4, 0.5) is 0 Å². The molecule has 5 nitrogen and oxygen atoms in total. The largest absolute Gasteiger partial charge is 0.391 e. The van der Waals surface area contributed by atoms with Crippen molar-refractivity contribution in [3.63, 3.8) is 0 Å². The number of piperidine rings is 1. The lowest BCUT2D eigenvalue weighted by molar-refractivity contribution is -0.136. The third kappa shape index (κ3) is 4.70. The Bertz CT molecular complexity index is 393. The number of carbonyl (C=O) groups excluding carboxylic acids is 2. The van der Waals surface area contributed by atoms with Crippen LogP contribution in [0.3, 0.4) is 0 Å². The summed E-state index contributed by atoms with van der Waals surface area (Å²) in [5.74, 6) is 0.520. The number of β-amino-alcohol motifs (C(OH)–C–C–N with tert-alkyl or cyclic N) is 1. The zero-order valence-electron chi connectivity index (χ0n) is 13.9. The summed E-state index contributed by atoms with van der Waals surface area (Å²) < 4.78 is 0. The van der Waals surface area contributed by atoms with E-state index in [2.05, 4.69) is 5.32 Å². The first kappa shape index (κ1) is 17.3. The van der Waals surface area contributed by atoms with Gasteiger partial charge in [-0.25, -0.2) is 0 Å². The number of nitrogens with one attached hydrogen (secondary N) is 1. The van der Waals surface area contributed by atoms with Gasteiger partial charge in [0.05, 0.1) is 6.10 Å². The van der Waals surface area contributed by atoms with Gasteiger partial charge in [-0.1, -0.05) is 26.2 Å². The van der Waals surface area contributed by atoms with E-state index >= 15 is 0 Å². The van der Waals surface area contributed by atoms with Crippen molar-refractivity contribution in [1.29, 1.82) is 0 Å². The van der Waals surface area contributed by atoms with Crippen LogP contribution >= 0.6 is 0 Å². The van der Waals surface area contributed by atoms with Crippen molar-refractivity contribution in [2.75, 3.05) is 13.1 Å². The number of likely N-dealkylation sites (tertiary alicyclic amines) is 1. The van der Waals surface area contributed by atoms with Crippen molar-refractivity contribution >= 4 is 11.8 Å². The number of rotatable bonds is 4. The number of aliphatic hydroxyl groups excluding tert-OH is 1. The van der Waals surface area contributed by atoms with Crippen molar-refractivity contribution in [3.05, 3.63) is 0 Å². The van der Waals surface area contributed by atoms with E-state index in [1.807, 2.05) is 13.8 Å². The number of amides is 2. The molecule has 0 aromatic rings. The maximum absolute atomic E-state index is 12.3. The number of aliphatic hydroxyl groups is 1. The summed E-state index contributed by atoms with van der Waals surface area (Å²) in [5, 5.41) is 12.9. The predicted molar refractivity (Wildman–Crippen MR) is 85.2 cm³/mol. The Morgan fingerprint density at radius 1 is 1.23 bits per heavy atom. The van der Waals surface area contributed by atoms with Crippen LogP contribution in [0, 0.1) is 11.8 Å². The Hall–Kier alpha value is -1.10. The molecular weight excluding hydrogens is 280 g/mol. The highest BCUT2D eigenvalue weighted by Crippen LogP contribution is 2.24. The Morgan fingerprint density at radius 2 is 1.91 bits per heavy atom. The lowest BCUT2D eigenvalue weighted by atomic mass is 9.88. The lowest BCUT2D eigenvalue weighted by Crippen LogP contribution is -2.48. The van der Waals surface area contributed by atoms with Crippen molar-refractivity contribution in [2.45, 2.75) is 70.9 Å². The standard InChI is InChI=1S/C17H30N2O3/c1-12-8-9-19(11-15(12)20)16(21)10-13(2)18-17(22)14-6-4-3-5-7-14/h12-15,20H,3-11H2,1-2H3,(H,18,22). The number of nitrogens with zero attached hydrogens (tertiary/aromatic N) is 1. The molecular formula is C17H30N2O3. The fourth-order valence-corrected chi connectivity index (χ4v) is 3.44. The van der Waals surface area contributed by atoms with Gasteiger partial charge in [-0.05, 0) is 32.1 Å². The van der Waals surface area contributed by atoms with Crippen LogP contribution in [0.15, 0.2) is 0 Å². The Balaban J connectivity index is 1.75. The highest BCUT2D eigenvalue weighted by atomic mass is 16.3. The van der Waals surface area contributed by atoms with Crippen molar-refractivity contribution in [2.24, 2.45) is 11.8 Å². The molecule has 5 heteroatoms. The Morgan fingerprint density at radius 3 is 2.55 bits per heavy atom. The molecule has 22 heavy (non-hydrogen) atoms. The van der Waals surface area contributed by atoms with Gasteiger partial charge in [0.2, 0.25) is 11.8 Å². The van der Waals surface area contributed by atoms with Crippen LogP contribution in [0.1, 0.15) is 58.8 Å². The molecule has 0 aromatic heterocycles. The molecule has 2 rings (SSSR count). The van der Waals surface area contributed by atoms with Gasteiger partial charge in [0.15, 0.2) is 0 Å². The summed E-state index contributed by atoms with van der Waals surface area (Å²) in [6.45, 7) is 5.03. The summed E-state index contributed by atoms with van der Waals surface area (Å²) in [4.78, 5) is 26.2. The summed E-state index contributed by atoms with van der Waals surface area (Å²) in [7, 11) is 0. The van der Waals surface area contributed by atoms with E-state index in [1.54, 1.807) is 4.90 Å². The maximum Gasteiger partial charge on any atom is 0.224 e. The maximum atomic E-state index is 12.3. The quantitative estimate of drug-likeness (QED) is 0.830. The monoisotopic (exact) mass is 310 g/mol. The van der Waals surface area contributed by atoms with Gasteiger partial charge in [0, 0.05) is 31.5 Å². The zero-order valence-corrected chi connectivity index (χ0v) is 13.9. The summed E-state index contributed by atoms with van der Waals surface area (Å²) in [6, 6.07) is -0.140. The zero-order chi connectivity index (χ0) is 16.1. The van der Waals surface area contributed by atoms with Gasteiger partial charge in [-0.2, -0.15) is 0 Å². The van der Waals surface area contributed by atoms with E-state index in [0.717, 1.165) is 32.1 Å². The third-order valence-electron chi connectivity index (χ3n) is 5.12. The smallest absolute Gasteiger partial charge is 0.224 e. The molecule has 2 amide bonds. The first-order valence-corrected chi connectivity index (χ1v) is 8.73. The highest BCUT2D eigenvalue weighted by Gasteiger charge is 2.28. The molecule has 0 aromatic carbocycles. The molecule has 0 radical (unpaired) electrons. The highest BCUT2D eigenvalue weighted by molar-refractivity contribution is 5.81. The average Bonchev–Trinajstić information content (AvgIpc) is 2.50. The minimum Gasteiger partial charge on any atom is -0.391 e. The molecule has 3 atom stereocenters. The van der Waals surface area contributed by atoms with Crippen LogP contribution in [0.2, 0.25) is 0 Å². The summed E-state index contributed by atoms with van der Waals surface area (Å²) >= 11 is 0. The fraction of sp³-hybridized carbons (Fsp3) is 0.882. The van der Waals surface area contributed by atoms with Gasteiger partial charge in [0.25, 0.3) is 0 Å². The van der Waals surface area contributed by atoms with Crippen LogP contribution in [-0.4, -0.2) is 47.1 Å². The second kappa shape index (κ2) is 7.95. The van der Waals surface area contributed by atoms with E-state index in [0.29, 0.717) is 19.5 Å². The molecule has 3 unspecified atom stereocenters. The number of hydrogen-bond acceptors (Lipinski definition) is 3. The van der Waals surface area contributed by atoms with E-state index in [4.69, 9.17) is 0 Å². The molecule has 1 saturated heterocycles. The average molecular weight is 310 g/mol.